The van der Waals surface area contributed by atoms with Crippen LogP contribution in [0.5, 0.6) is 5.75 Å². The SMILES string of the molecule is COc1cccc(Cl)c1CN(C)C(C)C(=O)O. The standard InChI is InChI=1S/C12H16ClNO3/c1-8(12(15)16)14(2)7-9-10(13)5-4-6-11(9)17-3/h4-6,8H,7H2,1-3H3,(H,15,16). The fraction of sp³-hybridized carbons (Fsp3) is 0.417. The van der Waals surface area contributed by atoms with Gasteiger partial charge >= 0.3 is 5.97 Å². The number of ether oxygens (including phenoxy) is 1. The molecular formula is C12H16ClNO3. The molecule has 1 aromatic carbocycles. The van der Waals surface area contributed by atoms with Crippen LogP contribution in [0.2, 0.25) is 5.02 Å². The molecule has 0 aliphatic carbocycles. The van der Waals surface area contributed by atoms with Gasteiger partial charge in [-0.15, -0.1) is 0 Å². The third kappa shape index (κ3) is 3.35. The summed E-state index contributed by atoms with van der Waals surface area (Å²) in [7, 11) is 3.30. The van der Waals surface area contributed by atoms with E-state index in [4.69, 9.17) is 21.4 Å². The van der Waals surface area contributed by atoms with E-state index >= 15 is 0 Å². The normalized spacial score (nSPS) is 12.5. The quantitative estimate of drug-likeness (QED) is 0.879. The molecule has 1 rings (SSSR count). The summed E-state index contributed by atoms with van der Waals surface area (Å²) in [6, 6.07) is 4.79. The van der Waals surface area contributed by atoms with Crippen LogP contribution in [0.1, 0.15) is 12.5 Å². The monoisotopic (exact) mass is 257 g/mol. The molecule has 0 radical (unpaired) electrons. The number of nitrogens with zero attached hydrogens (tertiary/aromatic N) is 1. The van der Waals surface area contributed by atoms with Crippen molar-refractivity contribution in [2.75, 3.05) is 14.2 Å². The van der Waals surface area contributed by atoms with E-state index in [0.717, 1.165) is 5.56 Å². The van der Waals surface area contributed by atoms with Crippen molar-refractivity contribution >= 4 is 17.6 Å². The first kappa shape index (κ1) is 13.8. The van der Waals surface area contributed by atoms with Crippen LogP contribution < -0.4 is 4.74 Å². The van der Waals surface area contributed by atoms with E-state index < -0.39 is 12.0 Å². The molecule has 0 aliphatic rings. The van der Waals surface area contributed by atoms with E-state index in [1.165, 1.54) is 0 Å². The highest BCUT2D eigenvalue weighted by Crippen LogP contribution is 2.27. The van der Waals surface area contributed by atoms with E-state index in [9.17, 15) is 4.79 Å². The molecule has 0 saturated carbocycles. The molecule has 1 aromatic rings. The van der Waals surface area contributed by atoms with Gasteiger partial charge in [0.1, 0.15) is 11.8 Å². The molecule has 0 amide bonds. The lowest BCUT2D eigenvalue weighted by atomic mass is 10.1. The Balaban J connectivity index is 2.91. The molecule has 0 aliphatic heterocycles. The van der Waals surface area contributed by atoms with Crippen LogP contribution in [-0.2, 0) is 11.3 Å². The number of aliphatic carboxylic acids is 1. The fourth-order valence-electron chi connectivity index (χ4n) is 1.46. The Labute approximate surface area is 106 Å². The highest BCUT2D eigenvalue weighted by molar-refractivity contribution is 6.31. The van der Waals surface area contributed by atoms with Crippen molar-refractivity contribution in [1.29, 1.82) is 0 Å². The lowest BCUT2D eigenvalue weighted by Crippen LogP contribution is -2.35. The molecule has 94 valence electrons. The summed E-state index contributed by atoms with van der Waals surface area (Å²) in [4.78, 5) is 12.6. The number of rotatable bonds is 5. The van der Waals surface area contributed by atoms with E-state index in [0.29, 0.717) is 17.3 Å². The number of benzene rings is 1. The number of carboxylic acids is 1. The highest BCUT2D eigenvalue weighted by Gasteiger charge is 2.19. The molecular weight excluding hydrogens is 242 g/mol. The molecule has 17 heavy (non-hydrogen) atoms. The van der Waals surface area contributed by atoms with E-state index in [1.807, 2.05) is 0 Å². The zero-order chi connectivity index (χ0) is 13.0. The Kier molecular flexibility index (Phi) is 4.78. The zero-order valence-corrected chi connectivity index (χ0v) is 10.9. The number of carbonyl (C=O) groups is 1. The summed E-state index contributed by atoms with van der Waals surface area (Å²) in [5.74, 6) is -0.194. The molecule has 5 heteroatoms. The van der Waals surface area contributed by atoms with Gasteiger partial charge in [-0.1, -0.05) is 17.7 Å². The summed E-state index contributed by atoms with van der Waals surface area (Å²) in [5, 5.41) is 9.50. The minimum absolute atomic E-state index is 0.427. The molecule has 0 bridgehead atoms. The van der Waals surface area contributed by atoms with Gasteiger partial charge in [0.2, 0.25) is 0 Å². The Morgan fingerprint density at radius 2 is 2.24 bits per heavy atom. The lowest BCUT2D eigenvalue weighted by molar-refractivity contribution is -0.142. The first-order chi connectivity index (χ1) is 7.97. The smallest absolute Gasteiger partial charge is 0.320 e. The summed E-state index contributed by atoms with van der Waals surface area (Å²) in [6.45, 7) is 2.06. The van der Waals surface area contributed by atoms with Crippen molar-refractivity contribution in [1.82, 2.24) is 4.90 Å². The average Bonchev–Trinajstić information content (AvgIpc) is 2.30. The topological polar surface area (TPSA) is 49.8 Å². The Hall–Kier alpha value is -1.26. The second-order valence-electron chi connectivity index (χ2n) is 3.85. The van der Waals surface area contributed by atoms with Crippen molar-refractivity contribution in [2.24, 2.45) is 0 Å². The maximum absolute atomic E-state index is 10.9. The summed E-state index contributed by atoms with van der Waals surface area (Å²) >= 11 is 6.08. The van der Waals surface area contributed by atoms with Crippen molar-refractivity contribution in [3.05, 3.63) is 28.8 Å². The number of hydrogen-bond donors (Lipinski definition) is 1. The first-order valence-electron chi connectivity index (χ1n) is 5.21. The van der Waals surface area contributed by atoms with Gasteiger partial charge in [-0.25, -0.2) is 0 Å². The number of likely N-dealkylation sites (N-methyl/N-ethyl adjacent to an activating group) is 1. The summed E-state index contributed by atoms with van der Waals surface area (Å²) < 4.78 is 5.21. The van der Waals surface area contributed by atoms with Crippen LogP contribution in [0.3, 0.4) is 0 Å². The minimum Gasteiger partial charge on any atom is -0.496 e. The molecule has 1 atom stereocenters. The molecule has 0 heterocycles. The Morgan fingerprint density at radius 3 is 2.76 bits per heavy atom. The fourth-order valence-corrected chi connectivity index (χ4v) is 1.68. The van der Waals surface area contributed by atoms with Gasteiger partial charge in [0, 0.05) is 17.1 Å². The van der Waals surface area contributed by atoms with Gasteiger partial charge in [-0.3, -0.25) is 9.69 Å². The second kappa shape index (κ2) is 5.89. The maximum Gasteiger partial charge on any atom is 0.320 e. The number of methoxy groups -OCH3 is 1. The predicted octanol–water partition coefficient (Wildman–Crippen LogP) is 2.25. The van der Waals surface area contributed by atoms with E-state index in [2.05, 4.69) is 0 Å². The zero-order valence-electron chi connectivity index (χ0n) is 10.1. The van der Waals surface area contributed by atoms with E-state index in [-0.39, 0.29) is 0 Å². The van der Waals surface area contributed by atoms with Crippen LogP contribution in [0.15, 0.2) is 18.2 Å². The molecule has 0 saturated heterocycles. The van der Waals surface area contributed by atoms with Crippen LogP contribution in [0.25, 0.3) is 0 Å². The Morgan fingerprint density at radius 1 is 1.59 bits per heavy atom. The van der Waals surface area contributed by atoms with Crippen LogP contribution in [0, 0.1) is 0 Å². The molecule has 0 spiro atoms. The van der Waals surface area contributed by atoms with Crippen molar-refractivity contribution < 1.29 is 14.6 Å². The number of halogens is 1. The van der Waals surface area contributed by atoms with E-state index in [1.54, 1.807) is 44.2 Å². The molecule has 0 aromatic heterocycles. The second-order valence-corrected chi connectivity index (χ2v) is 4.26. The molecule has 4 nitrogen and oxygen atoms in total. The third-order valence-corrected chi connectivity index (χ3v) is 3.08. The lowest BCUT2D eigenvalue weighted by Gasteiger charge is -2.22. The highest BCUT2D eigenvalue weighted by atomic mass is 35.5. The average molecular weight is 258 g/mol. The third-order valence-electron chi connectivity index (χ3n) is 2.72. The van der Waals surface area contributed by atoms with Gasteiger partial charge in [0.05, 0.1) is 7.11 Å². The molecule has 0 fully saturated rings. The summed E-state index contributed by atoms with van der Waals surface area (Å²) in [6.07, 6.45) is 0. The largest absolute Gasteiger partial charge is 0.496 e. The van der Waals surface area contributed by atoms with Gasteiger partial charge in [0.25, 0.3) is 0 Å². The van der Waals surface area contributed by atoms with Gasteiger partial charge in [0.15, 0.2) is 0 Å². The van der Waals surface area contributed by atoms with Crippen LogP contribution in [0.4, 0.5) is 0 Å². The maximum atomic E-state index is 10.9. The van der Waals surface area contributed by atoms with Crippen molar-refractivity contribution in [2.45, 2.75) is 19.5 Å². The van der Waals surface area contributed by atoms with Crippen LogP contribution >= 0.6 is 11.6 Å². The first-order valence-corrected chi connectivity index (χ1v) is 5.59. The summed E-state index contributed by atoms with van der Waals surface area (Å²) in [5.41, 5.74) is 0.798. The number of hydrogen-bond acceptors (Lipinski definition) is 3. The number of carboxylic acid groups (broad SMARTS) is 1. The van der Waals surface area contributed by atoms with Gasteiger partial charge in [-0.2, -0.15) is 0 Å². The molecule has 1 N–H and O–H groups in total. The van der Waals surface area contributed by atoms with Gasteiger partial charge < -0.3 is 9.84 Å². The van der Waals surface area contributed by atoms with Crippen LogP contribution in [-0.4, -0.2) is 36.2 Å². The molecule has 1 unspecified atom stereocenters. The minimum atomic E-state index is -0.862. The van der Waals surface area contributed by atoms with Crippen molar-refractivity contribution in [3.63, 3.8) is 0 Å². The Bertz CT molecular complexity index is 409. The van der Waals surface area contributed by atoms with Gasteiger partial charge in [-0.05, 0) is 26.1 Å². The van der Waals surface area contributed by atoms with Crippen molar-refractivity contribution in [3.8, 4) is 5.75 Å². The predicted molar refractivity (Wildman–Crippen MR) is 66.6 cm³/mol.